The lowest BCUT2D eigenvalue weighted by molar-refractivity contribution is -0.122. The predicted octanol–water partition coefficient (Wildman–Crippen LogP) is 4.43. The van der Waals surface area contributed by atoms with Crippen LogP contribution in [-0.4, -0.2) is 18.3 Å². The Hall–Kier alpha value is -1.94. The minimum absolute atomic E-state index is 0.155. The summed E-state index contributed by atoms with van der Waals surface area (Å²) in [6, 6.07) is 13.7. The van der Waals surface area contributed by atoms with Crippen LogP contribution >= 0.6 is 11.8 Å². The third kappa shape index (κ3) is 4.53. The lowest BCUT2D eigenvalue weighted by Gasteiger charge is -2.16. The monoisotopic (exact) mass is 315 g/mol. The molecule has 0 aliphatic carbocycles. The number of carbonyl (C=O) groups is 1. The topological polar surface area (TPSA) is 38.3 Å². The second kappa shape index (κ2) is 7.36. The van der Waals surface area contributed by atoms with Crippen molar-refractivity contribution >= 4 is 23.4 Å². The lowest BCUT2D eigenvalue weighted by Crippen LogP contribution is -2.30. The smallest absolute Gasteiger partial charge is 0.265 e. The maximum absolute atomic E-state index is 12.2. The first-order valence-electron chi connectivity index (χ1n) is 7.18. The van der Waals surface area contributed by atoms with Crippen LogP contribution in [0.3, 0.4) is 0 Å². The molecule has 4 heteroatoms. The summed E-state index contributed by atoms with van der Waals surface area (Å²) >= 11 is 1.64. The van der Waals surface area contributed by atoms with Crippen molar-refractivity contribution in [2.24, 2.45) is 0 Å². The van der Waals surface area contributed by atoms with Crippen molar-refractivity contribution in [3.05, 3.63) is 53.6 Å². The first-order valence-corrected chi connectivity index (χ1v) is 8.40. The van der Waals surface area contributed by atoms with Gasteiger partial charge in [-0.15, -0.1) is 11.8 Å². The van der Waals surface area contributed by atoms with Gasteiger partial charge in [-0.2, -0.15) is 0 Å². The van der Waals surface area contributed by atoms with E-state index in [0.717, 1.165) is 27.5 Å². The molecule has 2 aromatic rings. The molecule has 0 spiro atoms. The van der Waals surface area contributed by atoms with Crippen LogP contribution in [-0.2, 0) is 4.79 Å². The highest BCUT2D eigenvalue weighted by atomic mass is 32.2. The molecular formula is C18H21NO2S. The number of hydrogen-bond donors (Lipinski definition) is 1. The Morgan fingerprint density at radius 3 is 2.45 bits per heavy atom. The number of nitrogens with one attached hydrogen (secondary N) is 1. The summed E-state index contributed by atoms with van der Waals surface area (Å²) in [5, 5.41) is 2.89. The van der Waals surface area contributed by atoms with E-state index in [1.54, 1.807) is 18.7 Å². The molecule has 0 unspecified atom stereocenters. The zero-order chi connectivity index (χ0) is 16.1. The number of rotatable bonds is 5. The summed E-state index contributed by atoms with van der Waals surface area (Å²) in [4.78, 5) is 13.4. The molecule has 0 heterocycles. The van der Waals surface area contributed by atoms with Crippen LogP contribution in [0.5, 0.6) is 5.75 Å². The van der Waals surface area contributed by atoms with Crippen LogP contribution in [0.25, 0.3) is 0 Å². The molecule has 0 aliphatic heterocycles. The lowest BCUT2D eigenvalue weighted by atomic mass is 10.1. The Morgan fingerprint density at radius 1 is 1.14 bits per heavy atom. The molecule has 116 valence electrons. The average Bonchev–Trinajstić information content (AvgIpc) is 2.46. The van der Waals surface area contributed by atoms with Gasteiger partial charge in [-0.3, -0.25) is 4.79 Å². The number of thioether (sulfide) groups is 1. The molecule has 0 fully saturated rings. The molecule has 1 atom stereocenters. The fourth-order valence-corrected chi connectivity index (χ4v) is 2.66. The van der Waals surface area contributed by atoms with Gasteiger partial charge < -0.3 is 10.1 Å². The number of benzene rings is 2. The molecule has 0 saturated carbocycles. The van der Waals surface area contributed by atoms with Gasteiger partial charge in [-0.05, 0) is 68.5 Å². The van der Waals surface area contributed by atoms with Gasteiger partial charge in [0, 0.05) is 10.6 Å². The third-order valence-corrected chi connectivity index (χ3v) is 3.94. The van der Waals surface area contributed by atoms with Crippen molar-refractivity contribution in [3.8, 4) is 5.75 Å². The minimum atomic E-state index is -0.556. The van der Waals surface area contributed by atoms with E-state index in [1.165, 1.54) is 0 Å². The zero-order valence-electron chi connectivity index (χ0n) is 13.3. The summed E-state index contributed by atoms with van der Waals surface area (Å²) in [6.07, 6.45) is 1.45. The van der Waals surface area contributed by atoms with Crippen molar-refractivity contribution in [1.82, 2.24) is 0 Å². The summed E-state index contributed by atoms with van der Waals surface area (Å²) in [5.41, 5.74) is 3.03. The molecule has 2 aromatic carbocycles. The largest absolute Gasteiger partial charge is 0.481 e. The van der Waals surface area contributed by atoms with Crippen LogP contribution in [0.2, 0.25) is 0 Å². The molecular weight excluding hydrogens is 294 g/mol. The third-order valence-electron chi connectivity index (χ3n) is 3.21. The molecule has 0 aliphatic rings. The van der Waals surface area contributed by atoms with E-state index in [1.807, 2.05) is 56.5 Å². The number of carbonyl (C=O) groups excluding carboxylic acids is 1. The summed E-state index contributed by atoms with van der Waals surface area (Å²) in [5.74, 6) is 0.565. The van der Waals surface area contributed by atoms with Crippen molar-refractivity contribution in [3.63, 3.8) is 0 Å². The molecule has 3 nitrogen and oxygen atoms in total. The highest BCUT2D eigenvalue weighted by Crippen LogP contribution is 2.20. The number of anilines is 1. The highest BCUT2D eigenvalue weighted by molar-refractivity contribution is 7.98. The fourth-order valence-electron chi connectivity index (χ4n) is 2.20. The quantitative estimate of drug-likeness (QED) is 0.829. The first kappa shape index (κ1) is 16.4. The van der Waals surface area contributed by atoms with Crippen molar-refractivity contribution < 1.29 is 9.53 Å². The van der Waals surface area contributed by atoms with Crippen LogP contribution in [0, 0.1) is 13.8 Å². The van der Waals surface area contributed by atoms with Gasteiger partial charge in [0.25, 0.3) is 5.91 Å². The SMILES string of the molecule is CSc1cccc(NC(=O)[C@H](C)Oc2cc(C)cc(C)c2)c1. The molecule has 0 saturated heterocycles. The Morgan fingerprint density at radius 2 is 1.82 bits per heavy atom. The Balaban J connectivity index is 2.02. The Bertz CT molecular complexity index is 650. The Labute approximate surface area is 136 Å². The molecule has 0 radical (unpaired) electrons. The van der Waals surface area contributed by atoms with Gasteiger partial charge in [-0.25, -0.2) is 0 Å². The van der Waals surface area contributed by atoms with Crippen molar-refractivity contribution in [2.75, 3.05) is 11.6 Å². The van der Waals surface area contributed by atoms with Crippen LogP contribution in [0.4, 0.5) is 5.69 Å². The number of aryl methyl sites for hydroxylation is 2. The molecule has 1 amide bonds. The minimum Gasteiger partial charge on any atom is -0.481 e. The second-order valence-electron chi connectivity index (χ2n) is 5.30. The van der Waals surface area contributed by atoms with E-state index in [0.29, 0.717) is 0 Å². The van der Waals surface area contributed by atoms with Crippen molar-refractivity contribution in [2.45, 2.75) is 31.8 Å². The summed E-state index contributed by atoms with van der Waals surface area (Å²) < 4.78 is 5.75. The van der Waals surface area contributed by atoms with Gasteiger partial charge in [0.05, 0.1) is 0 Å². The standard InChI is InChI=1S/C18H21NO2S/c1-12-8-13(2)10-16(9-12)21-14(3)18(20)19-15-6-5-7-17(11-15)22-4/h5-11,14H,1-4H3,(H,19,20)/t14-/m0/s1. The van der Waals surface area contributed by atoms with Gasteiger partial charge in [0.15, 0.2) is 6.10 Å². The second-order valence-corrected chi connectivity index (χ2v) is 6.18. The fraction of sp³-hybridized carbons (Fsp3) is 0.278. The first-order chi connectivity index (χ1) is 10.5. The van der Waals surface area contributed by atoms with Crippen LogP contribution in [0.15, 0.2) is 47.4 Å². The van der Waals surface area contributed by atoms with E-state index in [-0.39, 0.29) is 5.91 Å². The maximum atomic E-state index is 12.2. The van der Waals surface area contributed by atoms with Crippen LogP contribution in [0.1, 0.15) is 18.1 Å². The zero-order valence-corrected chi connectivity index (χ0v) is 14.2. The number of hydrogen-bond acceptors (Lipinski definition) is 3. The van der Waals surface area contributed by atoms with Gasteiger partial charge in [0.1, 0.15) is 5.75 Å². The van der Waals surface area contributed by atoms with E-state index in [9.17, 15) is 4.79 Å². The summed E-state index contributed by atoms with van der Waals surface area (Å²) in [6.45, 7) is 5.78. The highest BCUT2D eigenvalue weighted by Gasteiger charge is 2.15. The number of ether oxygens (including phenoxy) is 1. The van der Waals surface area contributed by atoms with Crippen LogP contribution < -0.4 is 10.1 Å². The average molecular weight is 315 g/mol. The van der Waals surface area contributed by atoms with E-state index in [2.05, 4.69) is 11.4 Å². The normalized spacial score (nSPS) is 11.8. The maximum Gasteiger partial charge on any atom is 0.265 e. The molecule has 0 aromatic heterocycles. The van der Waals surface area contributed by atoms with Crippen molar-refractivity contribution in [1.29, 1.82) is 0 Å². The summed E-state index contributed by atoms with van der Waals surface area (Å²) in [7, 11) is 0. The predicted molar refractivity (Wildman–Crippen MR) is 92.9 cm³/mol. The van der Waals surface area contributed by atoms with Gasteiger partial charge in [-0.1, -0.05) is 12.1 Å². The molecule has 22 heavy (non-hydrogen) atoms. The Kier molecular flexibility index (Phi) is 5.50. The van der Waals surface area contributed by atoms with E-state index in [4.69, 9.17) is 4.74 Å². The van der Waals surface area contributed by atoms with E-state index >= 15 is 0 Å². The van der Waals surface area contributed by atoms with Gasteiger partial charge in [0.2, 0.25) is 0 Å². The van der Waals surface area contributed by atoms with Gasteiger partial charge >= 0.3 is 0 Å². The van der Waals surface area contributed by atoms with E-state index < -0.39 is 6.10 Å². The molecule has 2 rings (SSSR count). The number of amides is 1. The molecule has 1 N–H and O–H groups in total. The molecule has 0 bridgehead atoms.